The van der Waals surface area contributed by atoms with Crippen LogP contribution in [0.15, 0.2) is 12.1 Å². The minimum absolute atomic E-state index is 0.0719. The second-order valence-corrected chi connectivity index (χ2v) is 4.37. The Hall–Kier alpha value is -1.65. The molecule has 0 saturated carbocycles. The number of amides is 1. The average Bonchev–Trinajstić information content (AvgIpc) is 2.37. The van der Waals surface area contributed by atoms with E-state index in [9.17, 15) is 13.6 Å². The van der Waals surface area contributed by atoms with Gasteiger partial charge in [-0.05, 0) is 19.9 Å². The fraction of sp³-hybridized carbons (Fsp3) is 0.417. The summed E-state index contributed by atoms with van der Waals surface area (Å²) in [5.41, 5.74) is 0.478. The number of benzene rings is 1. The van der Waals surface area contributed by atoms with Gasteiger partial charge in [0.25, 0.3) is 0 Å². The van der Waals surface area contributed by atoms with Crippen LogP contribution in [0.1, 0.15) is 20.3 Å². The molecule has 3 nitrogen and oxygen atoms in total. The van der Waals surface area contributed by atoms with Gasteiger partial charge in [0.2, 0.25) is 5.91 Å². The smallest absolute Gasteiger partial charge is 0.226 e. The van der Waals surface area contributed by atoms with Crippen LogP contribution in [0.5, 0.6) is 0 Å². The standard InChI is InChI=1S/C12H14F2N2O/c1-7(2)16-4-3-11(17)15-12-9(14)5-8(13)6-10(12)16/h5-7H,3-4H2,1-2H3,(H,15,17). The van der Waals surface area contributed by atoms with E-state index < -0.39 is 11.6 Å². The molecule has 0 aliphatic carbocycles. The molecule has 0 saturated heterocycles. The van der Waals surface area contributed by atoms with Gasteiger partial charge in [-0.25, -0.2) is 8.78 Å². The summed E-state index contributed by atoms with van der Waals surface area (Å²) in [6.45, 7) is 4.30. The monoisotopic (exact) mass is 240 g/mol. The van der Waals surface area contributed by atoms with Crippen LogP contribution >= 0.6 is 0 Å². The first kappa shape index (κ1) is 11.8. The molecule has 0 aromatic heterocycles. The summed E-state index contributed by atoms with van der Waals surface area (Å²) in [5, 5.41) is 2.48. The van der Waals surface area contributed by atoms with Crippen LogP contribution in [-0.2, 0) is 4.79 Å². The summed E-state index contributed by atoms with van der Waals surface area (Å²) in [7, 11) is 0. The third kappa shape index (κ3) is 2.23. The van der Waals surface area contributed by atoms with Crippen LogP contribution in [0, 0.1) is 11.6 Å². The second kappa shape index (κ2) is 4.31. The van der Waals surface area contributed by atoms with Gasteiger partial charge in [0.05, 0.1) is 5.69 Å². The number of nitrogens with one attached hydrogen (secondary N) is 1. The van der Waals surface area contributed by atoms with Crippen LogP contribution in [0.4, 0.5) is 20.2 Å². The maximum atomic E-state index is 13.6. The first-order valence-electron chi connectivity index (χ1n) is 5.54. The molecule has 1 aliphatic rings. The van der Waals surface area contributed by atoms with E-state index in [1.165, 1.54) is 6.07 Å². The van der Waals surface area contributed by atoms with Crippen LogP contribution in [0.2, 0.25) is 0 Å². The van der Waals surface area contributed by atoms with Gasteiger partial charge < -0.3 is 10.2 Å². The summed E-state index contributed by atoms with van der Waals surface area (Å²) in [6.07, 6.45) is 0.272. The van der Waals surface area contributed by atoms with E-state index >= 15 is 0 Å². The highest BCUT2D eigenvalue weighted by Crippen LogP contribution is 2.33. The Kier molecular flexibility index (Phi) is 3.00. The first-order chi connectivity index (χ1) is 7.99. The molecule has 92 valence electrons. The van der Waals surface area contributed by atoms with Crippen molar-refractivity contribution >= 4 is 17.3 Å². The van der Waals surface area contributed by atoms with Crippen LogP contribution in [0.3, 0.4) is 0 Å². The molecule has 1 N–H and O–H groups in total. The number of halogens is 2. The van der Waals surface area contributed by atoms with Gasteiger partial charge in [0, 0.05) is 25.1 Å². The summed E-state index contributed by atoms with van der Waals surface area (Å²) in [6, 6.07) is 2.11. The van der Waals surface area contributed by atoms with E-state index in [2.05, 4.69) is 5.32 Å². The van der Waals surface area contributed by atoms with Crippen LogP contribution < -0.4 is 10.2 Å². The number of hydrogen-bond donors (Lipinski definition) is 1. The molecule has 1 heterocycles. The Bertz CT molecular complexity index is 460. The number of carbonyl (C=O) groups is 1. The van der Waals surface area contributed by atoms with E-state index in [0.29, 0.717) is 12.2 Å². The highest BCUT2D eigenvalue weighted by molar-refractivity contribution is 5.96. The molecule has 0 atom stereocenters. The number of anilines is 2. The van der Waals surface area contributed by atoms with Crippen molar-refractivity contribution in [1.29, 1.82) is 0 Å². The van der Waals surface area contributed by atoms with Gasteiger partial charge >= 0.3 is 0 Å². The van der Waals surface area contributed by atoms with E-state index in [4.69, 9.17) is 0 Å². The number of carbonyl (C=O) groups excluding carboxylic acids is 1. The summed E-state index contributed by atoms with van der Waals surface area (Å²) in [4.78, 5) is 13.3. The lowest BCUT2D eigenvalue weighted by atomic mass is 10.2. The zero-order valence-corrected chi connectivity index (χ0v) is 9.76. The lowest BCUT2D eigenvalue weighted by Gasteiger charge is -2.28. The highest BCUT2D eigenvalue weighted by Gasteiger charge is 2.24. The maximum absolute atomic E-state index is 13.6. The first-order valence-corrected chi connectivity index (χ1v) is 5.54. The van der Waals surface area contributed by atoms with Crippen molar-refractivity contribution in [2.24, 2.45) is 0 Å². The Morgan fingerprint density at radius 1 is 1.35 bits per heavy atom. The highest BCUT2D eigenvalue weighted by atomic mass is 19.1. The van der Waals surface area contributed by atoms with Crippen molar-refractivity contribution in [2.45, 2.75) is 26.3 Å². The SMILES string of the molecule is CC(C)N1CCC(=O)Nc2c(F)cc(F)cc21. The zero-order valence-electron chi connectivity index (χ0n) is 9.76. The third-order valence-corrected chi connectivity index (χ3v) is 2.81. The molecule has 0 fully saturated rings. The van der Waals surface area contributed by atoms with Crippen molar-refractivity contribution in [2.75, 3.05) is 16.8 Å². The molecule has 5 heteroatoms. The minimum Gasteiger partial charge on any atom is -0.367 e. The van der Waals surface area contributed by atoms with Gasteiger partial charge in [-0.3, -0.25) is 4.79 Å². The van der Waals surface area contributed by atoms with Crippen molar-refractivity contribution in [3.8, 4) is 0 Å². The van der Waals surface area contributed by atoms with E-state index in [1.807, 2.05) is 18.7 Å². The van der Waals surface area contributed by atoms with Gasteiger partial charge in [-0.15, -0.1) is 0 Å². The molecular formula is C12H14F2N2O. The summed E-state index contributed by atoms with van der Waals surface area (Å²) >= 11 is 0. The molecule has 2 rings (SSSR count). The molecule has 0 spiro atoms. The van der Waals surface area contributed by atoms with E-state index in [-0.39, 0.29) is 24.1 Å². The molecule has 1 amide bonds. The predicted octanol–water partition coefficient (Wildman–Crippen LogP) is 2.52. The zero-order chi connectivity index (χ0) is 12.6. The molecule has 0 bridgehead atoms. The van der Waals surface area contributed by atoms with E-state index in [0.717, 1.165) is 6.07 Å². The van der Waals surface area contributed by atoms with Crippen LogP contribution in [0.25, 0.3) is 0 Å². The topological polar surface area (TPSA) is 32.3 Å². The van der Waals surface area contributed by atoms with Crippen molar-refractivity contribution in [1.82, 2.24) is 0 Å². The van der Waals surface area contributed by atoms with Gasteiger partial charge in [-0.2, -0.15) is 0 Å². The van der Waals surface area contributed by atoms with Gasteiger partial charge in [-0.1, -0.05) is 0 Å². The van der Waals surface area contributed by atoms with Gasteiger partial charge in [0.15, 0.2) is 5.82 Å². The fourth-order valence-electron chi connectivity index (χ4n) is 1.99. The summed E-state index contributed by atoms with van der Waals surface area (Å²) in [5.74, 6) is -1.62. The fourth-order valence-corrected chi connectivity index (χ4v) is 1.99. The number of nitrogens with zero attached hydrogens (tertiary/aromatic N) is 1. The van der Waals surface area contributed by atoms with Crippen molar-refractivity contribution < 1.29 is 13.6 Å². The molecule has 1 aromatic carbocycles. The number of rotatable bonds is 1. The third-order valence-electron chi connectivity index (χ3n) is 2.81. The Balaban J connectivity index is 2.56. The average molecular weight is 240 g/mol. The minimum atomic E-state index is -0.735. The summed E-state index contributed by atoms with van der Waals surface area (Å²) < 4.78 is 26.9. The second-order valence-electron chi connectivity index (χ2n) is 4.37. The Labute approximate surface area is 98.4 Å². The van der Waals surface area contributed by atoms with Crippen LogP contribution in [-0.4, -0.2) is 18.5 Å². The van der Waals surface area contributed by atoms with Crippen molar-refractivity contribution in [3.05, 3.63) is 23.8 Å². The quantitative estimate of drug-likeness (QED) is 0.818. The van der Waals surface area contributed by atoms with E-state index in [1.54, 1.807) is 0 Å². The predicted molar refractivity (Wildman–Crippen MR) is 62.1 cm³/mol. The van der Waals surface area contributed by atoms with Crippen molar-refractivity contribution in [3.63, 3.8) is 0 Å². The lowest BCUT2D eigenvalue weighted by Crippen LogP contribution is -2.31. The lowest BCUT2D eigenvalue weighted by molar-refractivity contribution is -0.116. The number of hydrogen-bond acceptors (Lipinski definition) is 2. The largest absolute Gasteiger partial charge is 0.367 e. The molecule has 1 aliphatic heterocycles. The molecular weight excluding hydrogens is 226 g/mol. The molecule has 17 heavy (non-hydrogen) atoms. The van der Waals surface area contributed by atoms with Gasteiger partial charge in [0.1, 0.15) is 11.5 Å². The number of fused-ring (bicyclic) bond motifs is 1. The normalized spacial score (nSPS) is 15.6. The Morgan fingerprint density at radius 2 is 2.06 bits per heavy atom. The molecule has 1 aromatic rings. The Morgan fingerprint density at radius 3 is 2.71 bits per heavy atom. The molecule has 0 radical (unpaired) electrons. The molecule has 0 unspecified atom stereocenters. The maximum Gasteiger partial charge on any atom is 0.226 e.